The molecule has 0 radical (unpaired) electrons. The van der Waals surface area contributed by atoms with Crippen LogP contribution in [0.4, 0.5) is 13.6 Å². The summed E-state index contributed by atoms with van der Waals surface area (Å²) in [6, 6.07) is 10.7. The fraction of sp³-hybridized carbons (Fsp3) is 0.435. The van der Waals surface area contributed by atoms with Gasteiger partial charge < -0.3 is 9.80 Å². The molecular formula is C23H27F2N3O3S. The lowest BCUT2D eigenvalue weighted by molar-refractivity contribution is 0.117. The first-order valence-corrected chi connectivity index (χ1v) is 12.0. The standard InChI is InChI=1S/C23H27F2N3O3S/c24-19-6-1-4-17(14-19)20-7-2-5-18(22(20)25)15-21-16(8-10-26-32(30)31)9-13-28(21)23(29)27-11-3-12-27/h1-2,4-7,14,16,21,26H,3,8-13,15H2,(H,30,31)/t16-,21+/m1/s1. The van der Waals surface area contributed by atoms with E-state index in [1.807, 2.05) is 4.90 Å². The number of hydrogen-bond donors (Lipinski definition) is 2. The molecule has 0 bridgehead atoms. The minimum Gasteiger partial charge on any atom is -0.325 e. The van der Waals surface area contributed by atoms with Crippen LogP contribution in [0.25, 0.3) is 11.1 Å². The van der Waals surface area contributed by atoms with E-state index in [-0.39, 0.29) is 18.0 Å². The maximum Gasteiger partial charge on any atom is 0.320 e. The SMILES string of the molecule is O=C(N1CCC1)N1CC[C@@H](CCNS(=O)O)[C@@H]1Cc1cccc(-c2cccc(F)c2)c1F. The summed E-state index contributed by atoms with van der Waals surface area (Å²) in [7, 11) is 0. The number of rotatable bonds is 7. The first-order valence-electron chi connectivity index (χ1n) is 10.9. The highest BCUT2D eigenvalue weighted by molar-refractivity contribution is 7.77. The molecule has 6 nitrogen and oxygen atoms in total. The van der Waals surface area contributed by atoms with Crippen LogP contribution in [0.5, 0.6) is 0 Å². The van der Waals surface area contributed by atoms with E-state index in [2.05, 4.69) is 4.72 Å². The topological polar surface area (TPSA) is 72.9 Å². The number of hydrogen-bond acceptors (Lipinski definition) is 2. The van der Waals surface area contributed by atoms with Crippen molar-refractivity contribution in [2.24, 2.45) is 5.92 Å². The number of benzene rings is 2. The van der Waals surface area contributed by atoms with Gasteiger partial charge in [0.1, 0.15) is 11.6 Å². The first kappa shape index (κ1) is 22.8. The molecule has 32 heavy (non-hydrogen) atoms. The van der Waals surface area contributed by atoms with Crippen molar-refractivity contribution >= 4 is 17.3 Å². The van der Waals surface area contributed by atoms with Gasteiger partial charge in [-0.25, -0.2) is 22.5 Å². The molecule has 2 aliphatic heterocycles. The Morgan fingerprint density at radius 3 is 2.62 bits per heavy atom. The molecule has 9 heteroatoms. The molecule has 2 aromatic carbocycles. The van der Waals surface area contributed by atoms with Crippen molar-refractivity contribution in [3.63, 3.8) is 0 Å². The van der Waals surface area contributed by atoms with Crippen molar-refractivity contribution in [3.8, 4) is 11.1 Å². The van der Waals surface area contributed by atoms with Crippen LogP contribution in [0.2, 0.25) is 0 Å². The van der Waals surface area contributed by atoms with Gasteiger partial charge in [-0.05, 0) is 54.9 Å². The van der Waals surface area contributed by atoms with Crippen molar-refractivity contribution in [2.45, 2.75) is 31.7 Å². The van der Waals surface area contributed by atoms with Crippen molar-refractivity contribution in [2.75, 3.05) is 26.2 Å². The van der Waals surface area contributed by atoms with Crippen LogP contribution in [-0.2, 0) is 17.7 Å². The quantitative estimate of drug-likeness (QED) is 0.614. The molecule has 0 saturated carbocycles. The summed E-state index contributed by atoms with van der Waals surface area (Å²) < 4.78 is 51.6. The summed E-state index contributed by atoms with van der Waals surface area (Å²) in [5, 5.41) is 0. The van der Waals surface area contributed by atoms with Crippen LogP contribution >= 0.6 is 0 Å². The summed E-state index contributed by atoms with van der Waals surface area (Å²) in [6.07, 6.45) is 2.69. The van der Waals surface area contributed by atoms with Crippen LogP contribution in [0.15, 0.2) is 42.5 Å². The fourth-order valence-electron chi connectivity index (χ4n) is 4.63. The molecule has 0 spiro atoms. The summed E-state index contributed by atoms with van der Waals surface area (Å²) in [6.45, 7) is 2.39. The Bertz CT molecular complexity index is 1000. The molecule has 2 saturated heterocycles. The van der Waals surface area contributed by atoms with Gasteiger partial charge in [0.25, 0.3) is 0 Å². The van der Waals surface area contributed by atoms with E-state index in [1.165, 1.54) is 12.1 Å². The van der Waals surface area contributed by atoms with Gasteiger partial charge >= 0.3 is 6.03 Å². The van der Waals surface area contributed by atoms with Crippen LogP contribution in [0.3, 0.4) is 0 Å². The Kier molecular flexibility index (Phi) is 7.17. The van der Waals surface area contributed by atoms with E-state index in [4.69, 9.17) is 4.55 Å². The number of carbonyl (C=O) groups excluding carboxylic acids is 1. The van der Waals surface area contributed by atoms with Crippen LogP contribution < -0.4 is 4.72 Å². The van der Waals surface area contributed by atoms with E-state index >= 15 is 4.39 Å². The maximum atomic E-state index is 15.5. The smallest absolute Gasteiger partial charge is 0.320 e. The highest BCUT2D eigenvalue weighted by Gasteiger charge is 2.39. The Labute approximate surface area is 189 Å². The van der Waals surface area contributed by atoms with Crippen molar-refractivity contribution in [1.82, 2.24) is 14.5 Å². The lowest BCUT2D eigenvalue weighted by atomic mass is 9.90. The number of halogens is 2. The maximum absolute atomic E-state index is 15.5. The molecule has 0 aliphatic carbocycles. The van der Waals surface area contributed by atoms with Gasteiger partial charge in [-0.15, -0.1) is 0 Å². The normalized spacial score (nSPS) is 21.5. The second-order valence-corrected chi connectivity index (χ2v) is 9.14. The molecule has 2 aliphatic rings. The monoisotopic (exact) mass is 463 g/mol. The minimum absolute atomic E-state index is 0.0239. The number of nitrogens with one attached hydrogen (secondary N) is 1. The molecule has 2 heterocycles. The van der Waals surface area contributed by atoms with E-state index < -0.39 is 22.9 Å². The molecule has 1 unspecified atom stereocenters. The van der Waals surface area contributed by atoms with Crippen molar-refractivity contribution < 1.29 is 22.3 Å². The Balaban J connectivity index is 1.58. The highest BCUT2D eigenvalue weighted by Crippen LogP contribution is 2.33. The zero-order valence-corrected chi connectivity index (χ0v) is 18.5. The van der Waals surface area contributed by atoms with Gasteiger partial charge in [0.15, 0.2) is 0 Å². The summed E-state index contributed by atoms with van der Waals surface area (Å²) in [4.78, 5) is 16.6. The predicted octanol–water partition coefficient (Wildman–Crippen LogP) is 3.81. The van der Waals surface area contributed by atoms with Gasteiger partial charge in [0, 0.05) is 37.8 Å². The molecule has 2 amide bonds. The number of likely N-dealkylation sites (tertiary alicyclic amines) is 2. The van der Waals surface area contributed by atoms with Crippen molar-refractivity contribution in [3.05, 3.63) is 59.7 Å². The lowest BCUT2D eigenvalue weighted by Gasteiger charge is -2.38. The molecule has 3 atom stereocenters. The number of nitrogens with zero attached hydrogens (tertiary/aromatic N) is 2. The average Bonchev–Trinajstić information content (AvgIpc) is 3.10. The lowest BCUT2D eigenvalue weighted by Crippen LogP contribution is -2.52. The third kappa shape index (κ3) is 5.00. The third-order valence-corrected chi connectivity index (χ3v) is 6.89. The summed E-state index contributed by atoms with van der Waals surface area (Å²) >= 11 is -2.09. The van der Waals surface area contributed by atoms with Gasteiger partial charge in [0.05, 0.1) is 0 Å². The molecule has 2 fully saturated rings. The van der Waals surface area contributed by atoms with E-state index in [9.17, 15) is 13.4 Å². The first-order chi connectivity index (χ1) is 15.4. The second kappa shape index (κ2) is 10.1. The third-order valence-electron chi connectivity index (χ3n) is 6.44. The second-order valence-electron chi connectivity index (χ2n) is 8.36. The van der Waals surface area contributed by atoms with Gasteiger partial charge in [-0.1, -0.05) is 30.3 Å². The van der Waals surface area contributed by atoms with E-state index in [1.54, 1.807) is 35.2 Å². The number of amides is 2. The molecule has 4 rings (SSSR count). The largest absolute Gasteiger partial charge is 0.325 e. The average molecular weight is 464 g/mol. The Morgan fingerprint density at radius 1 is 1.16 bits per heavy atom. The molecule has 2 N–H and O–H groups in total. The Morgan fingerprint density at radius 2 is 1.94 bits per heavy atom. The molecule has 2 aromatic rings. The highest BCUT2D eigenvalue weighted by atomic mass is 32.2. The zero-order chi connectivity index (χ0) is 22.7. The Hall–Kier alpha value is -2.36. The van der Waals surface area contributed by atoms with E-state index in [0.717, 1.165) is 25.9 Å². The van der Waals surface area contributed by atoms with Gasteiger partial charge in [-0.2, -0.15) is 0 Å². The van der Waals surface area contributed by atoms with E-state index in [0.29, 0.717) is 42.6 Å². The summed E-state index contributed by atoms with van der Waals surface area (Å²) in [5.74, 6) is -0.758. The van der Waals surface area contributed by atoms with Gasteiger partial charge in [0.2, 0.25) is 11.3 Å². The summed E-state index contributed by atoms with van der Waals surface area (Å²) in [5.41, 5.74) is 1.27. The number of carbonyl (C=O) groups is 1. The molecule has 0 aromatic heterocycles. The van der Waals surface area contributed by atoms with Crippen LogP contribution in [-0.4, -0.2) is 56.8 Å². The van der Waals surface area contributed by atoms with Gasteiger partial charge in [-0.3, -0.25) is 4.55 Å². The van der Waals surface area contributed by atoms with Crippen LogP contribution in [0.1, 0.15) is 24.8 Å². The molecule has 172 valence electrons. The zero-order valence-electron chi connectivity index (χ0n) is 17.7. The van der Waals surface area contributed by atoms with Crippen molar-refractivity contribution in [1.29, 1.82) is 0 Å². The minimum atomic E-state index is -2.09. The molecular weight excluding hydrogens is 436 g/mol. The van der Waals surface area contributed by atoms with Crippen LogP contribution in [0, 0.1) is 17.6 Å². The predicted molar refractivity (Wildman–Crippen MR) is 119 cm³/mol. The number of urea groups is 1. The fourth-order valence-corrected chi connectivity index (χ4v) is 4.92.